The summed E-state index contributed by atoms with van der Waals surface area (Å²) in [6.07, 6.45) is 1.64. The van der Waals surface area contributed by atoms with Crippen LogP contribution in [0.2, 0.25) is 0 Å². The van der Waals surface area contributed by atoms with Crippen molar-refractivity contribution in [2.24, 2.45) is 0 Å². The van der Waals surface area contributed by atoms with Crippen LogP contribution in [0.1, 0.15) is 27.2 Å². The molecule has 0 spiro atoms. The third kappa shape index (κ3) is 3.96. The number of likely N-dealkylation sites (N-methyl/N-ethyl adjacent to an activating group) is 1. The first-order valence-corrected chi connectivity index (χ1v) is 8.60. The number of aromatic nitrogens is 2. The fourth-order valence-corrected chi connectivity index (χ4v) is 2.90. The molecule has 1 N–H and O–H groups in total. The number of nitrogens with one attached hydrogen (secondary N) is 1. The van der Waals surface area contributed by atoms with E-state index in [1.54, 1.807) is 6.20 Å². The van der Waals surface area contributed by atoms with Crippen molar-refractivity contribution in [2.75, 3.05) is 43.4 Å². The standard InChI is InChI=1S/C19H25N5O/c1-13-5-6-14(2)17(11-13)22-18(25)16-12-20-19(21-15(16)3)24-9-7-23(4)8-10-24/h5-6,11-12H,7-10H2,1-4H3,(H,22,25). The first kappa shape index (κ1) is 17.4. The smallest absolute Gasteiger partial charge is 0.259 e. The Kier molecular flexibility index (Phi) is 4.99. The Labute approximate surface area is 148 Å². The SMILES string of the molecule is Cc1ccc(C)c(NC(=O)c2cnc(N3CCN(C)CC3)nc2C)c1. The maximum absolute atomic E-state index is 12.6. The van der Waals surface area contributed by atoms with Crippen LogP contribution in [0.3, 0.4) is 0 Å². The summed E-state index contributed by atoms with van der Waals surface area (Å²) >= 11 is 0. The lowest BCUT2D eigenvalue weighted by molar-refractivity contribution is 0.102. The van der Waals surface area contributed by atoms with Crippen LogP contribution >= 0.6 is 0 Å². The van der Waals surface area contributed by atoms with Gasteiger partial charge >= 0.3 is 0 Å². The lowest BCUT2D eigenvalue weighted by atomic mass is 10.1. The average Bonchev–Trinajstić information content (AvgIpc) is 2.58. The first-order valence-electron chi connectivity index (χ1n) is 8.60. The highest BCUT2D eigenvalue weighted by atomic mass is 16.1. The molecule has 6 nitrogen and oxygen atoms in total. The second-order valence-electron chi connectivity index (χ2n) is 6.73. The van der Waals surface area contributed by atoms with Crippen molar-refractivity contribution in [1.82, 2.24) is 14.9 Å². The maximum atomic E-state index is 12.6. The van der Waals surface area contributed by atoms with Crippen molar-refractivity contribution < 1.29 is 4.79 Å². The van der Waals surface area contributed by atoms with E-state index in [0.29, 0.717) is 17.2 Å². The Balaban J connectivity index is 1.76. The Morgan fingerprint density at radius 1 is 1.12 bits per heavy atom. The Morgan fingerprint density at radius 2 is 1.84 bits per heavy atom. The molecule has 3 rings (SSSR count). The molecule has 0 saturated carbocycles. The van der Waals surface area contributed by atoms with Crippen LogP contribution in [0, 0.1) is 20.8 Å². The number of carbonyl (C=O) groups is 1. The zero-order valence-corrected chi connectivity index (χ0v) is 15.3. The van der Waals surface area contributed by atoms with Crippen LogP contribution in [-0.2, 0) is 0 Å². The second kappa shape index (κ2) is 7.19. The van der Waals surface area contributed by atoms with Crippen LogP contribution in [0.25, 0.3) is 0 Å². The van der Waals surface area contributed by atoms with E-state index in [9.17, 15) is 4.79 Å². The summed E-state index contributed by atoms with van der Waals surface area (Å²) in [6, 6.07) is 6.01. The number of rotatable bonds is 3. The van der Waals surface area contributed by atoms with Crippen molar-refractivity contribution in [2.45, 2.75) is 20.8 Å². The molecule has 6 heteroatoms. The molecule has 1 saturated heterocycles. The quantitative estimate of drug-likeness (QED) is 0.930. The molecule has 1 aromatic carbocycles. The predicted molar refractivity (Wildman–Crippen MR) is 100 cm³/mol. The minimum absolute atomic E-state index is 0.170. The van der Waals surface area contributed by atoms with Gasteiger partial charge in [0, 0.05) is 38.1 Å². The molecule has 1 aliphatic rings. The topological polar surface area (TPSA) is 61.4 Å². The number of hydrogen-bond acceptors (Lipinski definition) is 5. The van der Waals surface area contributed by atoms with Gasteiger partial charge in [0.15, 0.2) is 0 Å². The first-order chi connectivity index (χ1) is 11.9. The largest absolute Gasteiger partial charge is 0.338 e. The van der Waals surface area contributed by atoms with E-state index in [0.717, 1.165) is 43.0 Å². The van der Waals surface area contributed by atoms with Gasteiger partial charge in [-0.2, -0.15) is 0 Å². The molecule has 0 aliphatic carbocycles. The van der Waals surface area contributed by atoms with Crippen molar-refractivity contribution >= 4 is 17.5 Å². The van der Waals surface area contributed by atoms with Gasteiger partial charge in [-0.25, -0.2) is 9.97 Å². The van der Waals surface area contributed by atoms with Crippen molar-refractivity contribution in [1.29, 1.82) is 0 Å². The van der Waals surface area contributed by atoms with Crippen LogP contribution < -0.4 is 10.2 Å². The third-order valence-corrected chi connectivity index (χ3v) is 4.64. The van der Waals surface area contributed by atoms with Gasteiger partial charge in [0.25, 0.3) is 5.91 Å². The van der Waals surface area contributed by atoms with Crippen LogP contribution in [0.4, 0.5) is 11.6 Å². The monoisotopic (exact) mass is 339 g/mol. The van der Waals surface area contributed by atoms with E-state index >= 15 is 0 Å². The van der Waals surface area contributed by atoms with E-state index < -0.39 is 0 Å². The highest BCUT2D eigenvalue weighted by molar-refractivity contribution is 6.05. The van der Waals surface area contributed by atoms with Gasteiger partial charge < -0.3 is 15.1 Å². The van der Waals surface area contributed by atoms with Crippen molar-refractivity contribution in [3.05, 3.63) is 46.8 Å². The maximum Gasteiger partial charge on any atom is 0.259 e. The van der Waals surface area contributed by atoms with Crippen molar-refractivity contribution in [3.8, 4) is 0 Å². The minimum atomic E-state index is -0.170. The molecule has 1 amide bonds. The molecule has 1 fully saturated rings. The van der Waals surface area contributed by atoms with Gasteiger partial charge in [-0.3, -0.25) is 4.79 Å². The van der Waals surface area contributed by atoms with E-state index in [1.807, 2.05) is 39.0 Å². The molecule has 1 aromatic heterocycles. The molecular weight excluding hydrogens is 314 g/mol. The van der Waals surface area contributed by atoms with Crippen LogP contribution in [0.5, 0.6) is 0 Å². The fourth-order valence-electron chi connectivity index (χ4n) is 2.90. The molecule has 0 bridgehead atoms. The molecule has 0 unspecified atom stereocenters. The van der Waals surface area contributed by atoms with Gasteiger partial charge in [0.05, 0.1) is 11.3 Å². The molecule has 1 aliphatic heterocycles. The fraction of sp³-hybridized carbons (Fsp3) is 0.421. The molecule has 0 atom stereocenters. The number of piperazine rings is 1. The second-order valence-corrected chi connectivity index (χ2v) is 6.73. The number of nitrogens with zero attached hydrogens (tertiary/aromatic N) is 4. The van der Waals surface area contributed by atoms with E-state index in [-0.39, 0.29) is 5.91 Å². The van der Waals surface area contributed by atoms with Crippen LogP contribution in [-0.4, -0.2) is 54.0 Å². The zero-order valence-electron chi connectivity index (χ0n) is 15.3. The number of anilines is 2. The number of amides is 1. The zero-order chi connectivity index (χ0) is 18.0. The molecule has 2 aromatic rings. The summed E-state index contributed by atoms with van der Waals surface area (Å²) in [5.74, 6) is 0.532. The summed E-state index contributed by atoms with van der Waals surface area (Å²) in [5.41, 5.74) is 4.18. The number of hydrogen-bond donors (Lipinski definition) is 1. The van der Waals surface area contributed by atoms with E-state index in [4.69, 9.17) is 0 Å². The summed E-state index contributed by atoms with van der Waals surface area (Å²) in [6.45, 7) is 9.66. The predicted octanol–water partition coefficient (Wildman–Crippen LogP) is 2.41. The molecule has 25 heavy (non-hydrogen) atoms. The normalized spacial score (nSPS) is 15.3. The Morgan fingerprint density at radius 3 is 2.52 bits per heavy atom. The van der Waals surface area contributed by atoms with Crippen molar-refractivity contribution in [3.63, 3.8) is 0 Å². The van der Waals surface area contributed by atoms with E-state index in [1.165, 1.54) is 0 Å². The molecule has 132 valence electrons. The molecule has 2 heterocycles. The Bertz CT molecular complexity index is 781. The summed E-state index contributed by atoms with van der Waals surface area (Å²) in [7, 11) is 2.12. The van der Waals surface area contributed by atoms with Gasteiger partial charge in [0.1, 0.15) is 0 Å². The number of benzene rings is 1. The Hall–Kier alpha value is -2.47. The van der Waals surface area contributed by atoms with Gasteiger partial charge in [-0.15, -0.1) is 0 Å². The molecule has 0 radical (unpaired) electrons. The summed E-state index contributed by atoms with van der Waals surface area (Å²) in [5, 5.41) is 2.97. The van der Waals surface area contributed by atoms with E-state index in [2.05, 4.69) is 32.1 Å². The van der Waals surface area contributed by atoms with Crippen LogP contribution in [0.15, 0.2) is 24.4 Å². The van der Waals surface area contributed by atoms with Gasteiger partial charge in [0.2, 0.25) is 5.95 Å². The lowest BCUT2D eigenvalue weighted by Crippen LogP contribution is -2.45. The van der Waals surface area contributed by atoms with Gasteiger partial charge in [-0.1, -0.05) is 12.1 Å². The highest BCUT2D eigenvalue weighted by Gasteiger charge is 2.19. The molecular formula is C19H25N5O. The average molecular weight is 339 g/mol. The highest BCUT2D eigenvalue weighted by Crippen LogP contribution is 2.19. The number of carbonyl (C=O) groups excluding carboxylic acids is 1. The number of aryl methyl sites for hydroxylation is 3. The third-order valence-electron chi connectivity index (χ3n) is 4.64. The van der Waals surface area contributed by atoms with Gasteiger partial charge in [-0.05, 0) is 45.0 Å². The minimum Gasteiger partial charge on any atom is -0.338 e. The summed E-state index contributed by atoms with van der Waals surface area (Å²) < 4.78 is 0. The summed E-state index contributed by atoms with van der Waals surface area (Å²) in [4.78, 5) is 26.1. The lowest BCUT2D eigenvalue weighted by Gasteiger charge is -2.32.